The number of rotatable bonds is 2. The molecule has 1 aromatic rings. The van der Waals surface area contributed by atoms with Crippen molar-refractivity contribution < 1.29 is 9.59 Å². The predicted octanol–water partition coefficient (Wildman–Crippen LogP) is 1.60. The maximum absolute atomic E-state index is 13.1. The van der Waals surface area contributed by atoms with Crippen LogP contribution in [0.2, 0.25) is 0 Å². The van der Waals surface area contributed by atoms with E-state index in [0.29, 0.717) is 24.9 Å². The van der Waals surface area contributed by atoms with E-state index in [1.54, 1.807) is 4.90 Å². The summed E-state index contributed by atoms with van der Waals surface area (Å²) in [7, 11) is 0. The molecule has 0 bridgehead atoms. The topological polar surface area (TPSA) is 64.7 Å². The largest absolute Gasteiger partial charge is 0.339 e. The number of nitrogens with zero attached hydrogens (tertiary/aromatic N) is 2. The highest BCUT2D eigenvalue weighted by molar-refractivity contribution is 6.00. The van der Waals surface area contributed by atoms with E-state index in [9.17, 15) is 9.59 Å². The minimum Gasteiger partial charge on any atom is -0.339 e. The zero-order valence-corrected chi connectivity index (χ0v) is 14.8. The van der Waals surface area contributed by atoms with Gasteiger partial charge in [0.25, 0.3) is 5.91 Å². The van der Waals surface area contributed by atoms with Gasteiger partial charge >= 0.3 is 6.03 Å². The number of hydrogen-bond donors (Lipinski definition) is 2. The zero-order valence-electron chi connectivity index (χ0n) is 14.8. The number of amides is 3. The molecule has 0 saturated carbocycles. The summed E-state index contributed by atoms with van der Waals surface area (Å²) in [4.78, 5) is 28.8. The number of hydrogen-bond acceptors (Lipinski definition) is 3. The fourth-order valence-electron chi connectivity index (χ4n) is 4.44. The molecule has 0 aliphatic carbocycles. The lowest BCUT2D eigenvalue weighted by molar-refractivity contribution is 0.0758. The Morgan fingerprint density at radius 1 is 1.12 bits per heavy atom. The summed E-state index contributed by atoms with van der Waals surface area (Å²) in [5.41, 5.74) is 2.47. The number of fused-ring (bicyclic) bond motifs is 1. The zero-order chi connectivity index (χ0) is 17.4. The first-order valence-corrected chi connectivity index (χ1v) is 9.30. The van der Waals surface area contributed by atoms with E-state index in [2.05, 4.69) is 10.6 Å². The predicted molar refractivity (Wildman–Crippen MR) is 96.9 cm³/mol. The van der Waals surface area contributed by atoms with Crippen LogP contribution < -0.4 is 15.5 Å². The summed E-state index contributed by atoms with van der Waals surface area (Å²) < 4.78 is 0. The molecule has 3 saturated heterocycles. The van der Waals surface area contributed by atoms with Crippen LogP contribution in [-0.2, 0) is 0 Å². The third-order valence-corrected chi connectivity index (χ3v) is 5.99. The van der Waals surface area contributed by atoms with Gasteiger partial charge in [0, 0.05) is 37.4 Å². The van der Waals surface area contributed by atoms with Crippen molar-refractivity contribution in [1.82, 2.24) is 15.5 Å². The number of nitrogens with one attached hydrogen (secondary N) is 2. The van der Waals surface area contributed by atoms with Gasteiger partial charge in [-0.2, -0.15) is 0 Å². The maximum Gasteiger partial charge on any atom is 0.322 e. The third kappa shape index (κ3) is 2.99. The van der Waals surface area contributed by atoms with Crippen LogP contribution in [0.25, 0.3) is 0 Å². The maximum atomic E-state index is 13.1. The van der Waals surface area contributed by atoms with Gasteiger partial charge in [0.15, 0.2) is 0 Å². The Kier molecular flexibility index (Phi) is 4.37. The number of urea groups is 1. The molecule has 1 aromatic carbocycles. The van der Waals surface area contributed by atoms with Gasteiger partial charge in [0.2, 0.25) is 0 Å². The molecule has 6 nitrogen and oxygen atoms in total. The molecule has 4 rings (SSSR count). The van der Waals surface area contributed by atoms with E-state index in [4.69, 9.17) is 0 Å². The summed E-state index contributed by atoms with van der Waals surface area (Å²) in [5, 5.41) is 6.30. The fourth-order valence-corrected chi connectivity index (χ4v) is 4.44. The highest BCUT2D eigenvalue weighted by Gasteiger charge is 2.32. The van der Waals surface area contributed by atoms with Crippen LogP contribution in [0.4, 0.5) is 10.5 Å². The number of carbonyl (C=O) groups is 2. The Bertz CT molecular complexity index is 676. The Morgan fingerprint density at radius 3 is 2.48 bits per heavy atom. The molecule has 134 valence electrons. The van der Waals surface area contributed by atoms with Crippen molar-refractivity contribution >= 4 is 17.6 Å². The highest BCUT2D eigenvalue weighted by atomic mass is 16.2. The lowest BCUT2D eigenvalue weighted by Crippen LogP contribution is -2.34. The summed E-state index contributed by atoms with van der Waals surface area (Å²) in [6.45, 7) is 7.09. The molecule has 0 aromatic heterocycles. The molecule has 2 atom stereocenters. The second-order valence-corrected chi connectivity index (χ2v) is 7.38. The molecule has 0 unspecified atom stereocenters. The second kappa shape index (κ2) is 6.67. The standard InChI is InChI=1S/C19H26N4O2/c1-13-16(3-2-4-17(13)23-10-7-21-19(23)25)18(24)22-8-5-14-11-20-12-15(14)6-9-22/h2-4,14-15,20H,5-12H2,1H3,(H,21,25)/t14-,15+. The van der Waals surface area contributed by atoms with Crippen molar-refractivity contribution in [1.29, 1.82) is 0 Å². The second-order valence-electron chi connectivity index (χ2n) is 7.38. The van der Waals surface area contributed by atoms with Crippen molar-refractivity contribution in [3.05, 3.63) is 29.3 Å². The average molecular weight is 342 g/mol. The van der Waals surface area contributed by atoms with Crippen LogP contribution in [-0.4, -0.2) is 56.1 Å². The SMILES string of the molecule is Cc1c(C(=O)N2CC[C@@H]3CNC[C@@H]3CC2)cccc1N1CCNC1=O. The molecule has 3 heterocycles. The molecule has 3 aliphatic heterocycles. The van der Waals surface area contributed by atoms with Gasteiger partial charge in [-0.25, -0.2) is 4.79 Å². The third-order valence-electron chi connectivity index (χ3n) is 5.99. The summed E-state index contributed by atoms with van der Waals surface area (Å²) in [6, 6.07) is 5.62. The van der Waals surface area contributed by atoms with Crippen LogP contribution in [0.1, 0.15) is 28.8 Å². The van der Waals surface area contributed by atoms with E-state index in [1.165, 1.54) is 0 Å². The number of anilines is 1. The average Bonchev–Trinajstić information content (AvgIpc) is 3.19. The van der Waals surface area contributed by atoms with Crippen LogP contribution in [0, 0.1) is 18.8 Å². The minimum atomic E-state index is -0.0807. The first kappa shape index (κ1) is 16.4. The van der Waals surface area contributed by atoms with Crippen molar-refractivity contribution in [2.24, 2.45) is 11.8 Å². The quantitative estimate of drug-likeness (QED) is 0.858. The summed E-state index contributed by atoms with van der Waals surface area (Å²) in [5.74, 6) is 1.52. The first-order chi connectivity index (χ1) is 12.1. The van der Waals surface area contributed by atoms with Gasteiger partial charge in [0.05, 0.1) is 0 Å². The highest BCUT2D eigenvalue weighted by Crippen LogP contribution is 2.29. The van der Waals surface area contributed by atoms with E-state index in [-0.39, 0.29) is 11.9 Å². The lowest BCUT2D eigenvalue weighted by atomic mass is 9.92. The van der Waals surface area contributed by atoms with Crippen molar-refractivity contribution in [2.45, 2.75) is 19.8 Å². The molecule has 3 fully saturated rings. The minimum absolute atomic E-state index is 0.0807. The van der Waals surface area contributed by atoms with Crippen LogP contribution >= 0.6 is 0 Å². The van der Waals surface area contributed by atoms with Gasteiger partial charge in [0.1, 0.15) is 0 Å². The lowest BCUT2D eigenvalue weighted by Gasteiger charge is -2.24. The molecule has 3 aliphatic rings. The summed E-state index contributed by atoms with van der Waals surface area (Å²) >= 11 is 0. The van der Waals surface area contributed by atoms with Gasteiger partial charge in [-0.05, 0) is 62.4 Å². The molecule has 3 amide bonds. The molecule has 25 heavy (non-hydrogen) atoms. The van der Waals surface area contributed by atoms with Crippen molar-refractivity contribution in [2.75, 3.05) is 44.2 Å². The smallest absolute Gasteiger partial charge is 0.322 e. The van der Waals surface area contributed by atoms with Gasteiger partial charge in [-0.15, -0.1) is 0 Å². The van der Waals surface area contributed by atoms with Crippen LogP contribution in [0.5, 0.6) is 0 Å². The van der Waals surface area contributed by atoms with E-state index >= 15 is 0 Å². The Balaban J connectivity index is 1.55. The Labute approximate surface area is 148 Å². The normalized spacial score (nSPS) is 26.4. The van der Waals surface area contributed by atoms with Gasteiger partial charge in [-0.1, -0.05) is 6.07 Å². The number of carbonyl (C=O) groups excluding carboxylic acids is 2. The molecule has 0 spiro atoms. The van der Waals surface area contributed by atoms with E-state index < -0.39 is 0 Å². The van der Waals surface area contributed by atoms with Crippen LogP contribution in [0.3, 0.4) is 0 Å². The van der Waals surface area contributed by atoms with Crippen molar-refractivity contribution in [3.63, 3.8) is 0 Å². The van der Waals surface area contributed by atoms with E-state index in [1.807, 2.05) is 30.0 Å². The monoisotopic (exact) mass is 342 g/mol. The fraction of sp³-hybridized carbons (Fsp3) is 0.579. The molecular weight excluding hydrogens is 316 g/mol. The van der Waals surface area contributed by atoms with Crippen molar-refractivity contribution in [3.8, 4) is 0 Å². The molecular formula is C19H26N4O2. The van der Waals surface area contributed by atoms with E-state index in [0.717, 1.165) is 55.8 Å². The molecule has 0 radical (unpaired) electrons. The first-order valence-electron chi connectivity index (χ1n) is 9.30. The molecule has 6 heteroatoms. The Morgan fingerprint density at radius 2 is 1.84 bits per heavy atom. The number of likely N-dealkylation sites (tertiary alicyclic amines) is 1. The molecule has 2 N–H and O–H groups in total. The van der Waals surface area contributed by atoms with Gasteiger partial charge in [-0.3, -0.25) is 9.69 Å². The Hall–Kier alpha value is -2.08. The van der Waals surface area contributed by atoms with Crippen LogP contribution in [0.15, 0.2) is 18.2 Å². The van der Waals surface area contributed by atoms with Gasteiger partial charge < -0.3 is 15.5 Å². The summed E-state index contributed by atoms with van der Waals surface area (Å²) in [6.07, 6.45) is 2.16. The number of benzene rings is 1.